The number of ketones is 1. The van der Waals surface area contributed by atoms with E-state index >= 15 is 0 Å². The van der Waals surface area contributed by atoms with E-state index < -0.39 is 6.10 Å². The number of Topliss-reactive ketones (excluding diaryl/α,β-unsaturated/α-hetero) is 1. The maximum absolute atomic E-state index is 12.5. The fraction of sp³-hybridized carbons (Fsp3) is 0.579. The zero-order valence-electron chi connectivity index (χ0n) is 14.0. The summed E-state index contributed by atoms with van der Waals surface area (Å²) in [4.78, 5) is 24.4. The summed E-state index contributed by atoms with van der Waals surface area (Å²) < 4.78 is 5.63. The second-order valence-electron chi connectivity index (χ2n) is 7.16. The number of terminal acetylenes is 1. The van der Waals surface area contributed by atoms with Crippen molar-refractivity contribution in [2.24, 2.45) is 17.3 Å². The van der Waals surface area contributed by atoms with Crippen molar-refractivity contribution in [3.05, 3.63) is 22.8 Å². The zero-order chi connectivity index (χ0) is 16.7. The monoisotopic (exact) mass is 300 g/mol. The highest BCUT2D eigenvalue weighted by molar-refractivity contribution is 6.00. The summed E-state index contributed by atoms with van der Waals surface area (Å²) >= 11 is 0. The van der Waals surface area contributed by atoms with Crippen LogP contribution in [-0.4, -0.2) is 17.9 Å². The molecule has 0 heterocycles. The number of allylic oxidation sites excluding steroid dienone is 3. The summed E-state index contributed by atoms with van der Waals surface area (Å²) in [7, 11) is 0. The van der Waals surface area contributed by atoms with Crippen molar-refractivity contribution >= 4 is 11.8 Å². The Kier molecular flexibility index (Phi) is 4.33. The summed E-state index contributed by atoms with van der Waals surface area (Å²) in [5.74, 6) is 2.39. The van der Waals surface area contributed by atoms with Crippen LogP contribution in [0.3, 0.4) is 0 Å². The fourth-order valence-electron chi connectivity index (χ4n) is 3.34. The van der Waals surface area contributed by atoms with E-state index in [9.17, 15) is 9.59 Å². The van der Waals surface area contributed by atoms with E-state index in [4.69, 9.17) is 11.2 Å². The van der Waals surface area contributed by atoms with Crippen molar-refractivity contribution in [2.75, 3.05) is 0 Å². The SMILES string of the molecule is C#CCC1=C(C)[C@@H](OC(=O)[C@@H]2[C@@H](C=C(C)C)C2(C)C)CC1=O. The molecule has 0 unspecified atom stereocenters. The average molecular weight is 300 g/mol. The van der Waals surface area contributed by atoms with Crippen LogP contribution in [0.1, 0.15) is 47.5 Å². The molecule has 0 N–H and O–H groups in total. The van der Waals surface area contributed by atoms with Gasteiger partial charge in [-0.3, -0.25) is 9.59 Å². The first-order chi connectivity index (χ1) is 10.2. The average Bonchev–Trinajstić information content (AvgIpc) is 2.83. The quantitative estimate of drug-likeness (QED) is 0.454. The number of hydrogen-bond donors (Lipinski definition) is 0. The predicted octanol–water partition coefficient (Wildman–Crippen LogP) is 3.45. The maximum atomic E-state index is 12.5. The Bertz CT molecular complexity index is 609. The first-order valence-corrected chi connectivity index (χ1v) is 7.72. The Morgan fingerprint density at radius 1 is 1.45 bits per heavy atom. The van der Waals surface area contributed by atoms with E-state index in [0.29, 0.717) is 12.0 Å². The molecule has 0 amide bonds. The molecule has 1 fully saturated rings. The van der Waals surface area contributed by atoms with Crippen molar-refractivity contribution in [1.82, 2.24) is 0 Å². The van der Waals surface area contributed by atoms with E-state index in [1.165, 1.54) is 5.57 Å². The summed E-state index contributed by atoms with van der Waals surface area (Å²) in [5.41, 5.74) is 2.58. The van der Waals surface area contributed by atoms with E-state index in [1.807, 2.05) is 20.8 Å². The van der Waals surface area contributed by atoms with Gasteiger partial charge < -0.3 is 4.74 Å². The minimum Gasteiger partial charge on any atom is -0.457 e. The molecule has 2 aliphatic rings. The molecule has 2 rings (SSSR count). The molecule has 3 heteroatoms. The lowest BCUT2D eigenvalue weighted by atomic mass is 10.1. The first-order valence-electron chi connectivity index (χ1n) is 7.72. The molecule has 2 aliphatic carbocycles. The smallest absolute Gasteiger partial charge is 0.310 e. The number of carbonyl (C=O) groups is 2. The molecule has 0 saturated heterocycles. The molecule has 22 heavy (non-hydrogen) atoms. The number of ether oxygens (including phenoxy) is 1. The van der Waals surface area contributed by atoms with Gasteiger partial charge in [-0.05, 0) is 37.7 Å². The van der Waals surface area contributed by atoms with Gasteiger partial charge in [0.05, 0.1) is 12.3 Å². The Morgan fingerprint density at radius 2 is 2.09 bits per heavy atom. The minimum atomic E-state index is -0.438. The molecule has 0 aromatic heterocycles. The van der Waals surface area contributed by atoms with Gasteiger partial charge in [0.15, 0.2) is 5.78 Å². The summed E-state index contributed by atoms with van der Waals surface area (Å²) in [6, 6.07) is 0. The maximum Gasteiger partial charge on any atom is 0.310 e. The Balaban J connectivity index is 2.07. The highest BCUT2D eigenvalue weighted by Gasteiger charge is 2.61. The van der Waals surface area contributed by atoms with Crippen LogP contribution in [0.15, 0.2) is 22.8 Å². The normalized spacial score (nSPS) is 29.1. The van der Waals surface area contributed by atoms with Gasteiger partial charge in [0.2, 0.25) is 0 Å². The number of carbonyl (C=O) groups excluding carboxylic acids is 2. The molecule has 0 spiro atoms. The van der Waals surface area contributed by atoms with Crippen molar-refractivity contribution in [1.29, 1.82) is 0 Å². The number of rotatable bonds is 4. The third-order valence-corrected chi connectivity index (χ3v) is 4.88. The van der Waals surface area contributed by atoms with Gasteiger partial charge in [-0.1, -0.05) is 25.5 Å². The summed E-state index contributed by atoms with van der Waals surface area (Å²) in [5, 5.41) is 0. The van der Waals surface area contributed by atoms with Crippen molar-refractivity contribution < 1.29 is 14.3 Å². The molecule has 0 aromatic rings. The van der Waals surface area contributed by atoms with E-state index in [1.54, 1.807) is 0 Å². The van der Waals surface area contributed by atoms with Gasteiger partial charge >= 0.3 is 5.97 Å². The number of hydrogen-bond acceptors (Lipinski definition) is 3. The highest BCUT2D eigenvalue weighted by Crippen LogP contribution is 2.60. The number of esters is 1. The van der Waals surface area contributed by atoms with E-state index in [2.05, 4.69) is 25.8 Å². The van der Waals surface area contributed by atoms with Gasteiger partial charge in [0, 0.05) is 12.0 Å². The standard InChI is InChI=1S/C19H24O3/c1-7-8-13-12(4)16(10-15(13)20)22-18(21)17-14(9-11(2)3)19(17,5)6/h1,9,14,16-17H,8,10H2,2-6H3/t14-,16+,17+/m1/s1. The topological polar surface area (TPSA) is 43.4 Å². The molecule has 0 bridgehead atoms. The molecular weight excluding hydrogens is 276 g/mol. The van der Waals surface area contributed by atoms with Crippen LogP contribution in [0.5, 0.6) is 0 Å². The molecule has 118 valence electrons. The van der Waals surface area contributed by atoms with E-state index in [-0.39, 0.29) is 35.4 Å². The Morgan fingerprint density at radius 3 is 2.64 bits per heavy atom. The Labute approximate surface area is 132 Å². The fourth-order valence-corrected chi connectivity index (χ4v) is 3.34. The van der Waals surface area contributed by atoms with Gasteiger partial charge in [-0.2, -0.15) is 0 Å². The zero-order valence-corrected chi connectivity index (χ0v) is 14.0. The van der Waals surface area contributed by atoms with Crippen LogP contribution in [-0.2, 0) is 14.3 Å². The van der Waals surface area contributed by atoms with Crippen LogP contribution in [0.2, 0.25) is 0 Å². The van der Waals surface area contributed by atoms with Crippen LogP contribution >= 0.6 is 0 Å². The molecule has 0 aromatic carbocycles. The van der Waals surface area contributed by atoms with Crippen molar-refractivity contribution in [3.63, 3.8) is 0 Å². The molecular formula is C19H24O3. The second kappa shape index (κ2) is 5.76. The lowest BCUT2D eigenvalue weighted by Crippen LogP contribution is -2.20. The molecule has 1 saturated carbocycles. The highest BCUT2D eigenvalue weighted by atomic mass is 16.5. The van der Waals surface area contributed by atoms with Crippen LogP contribution < -0.4 is 0 Å². The lowest BCUT2D eigenvalue weighted by molar-refractivity contribution is -0.150. The second-order valence-corrected chi connectivity index (χ2v) is 7.16. The van der Waals surface area contributed by atoms with E-state index in [0.717, 1.165) is 5.57 Å². The minimum absolute atomic E-state index is 0.00385. The molecule has 0 radical (unpaired) electrons. The lowest BCUT2D eigenvalue weighted by Gasteiger charge is -2.13. The van der Waals surface area contributed by atoms with Crippen LogP contribution in [0.4, 0.5) is 0 Å². The molecule has 3 atom stereocenters. The Hall–Kier alpha value is -1.82. The first kappa shape index (κ1) is 16.5. The summed E-state index contributed by atoms with van der Waals surface area (Å²) in [6.45, 7) is 10.1. The predicted molar refractivity (Wildman–Crippen MR) is 85.8 cm³/mol. The third kappa shape index (κ3) is 2.88. The van der Waals surface area contributed by atoms with Gasteiger partial charge in [-0.25, -0.2) is 0 Å². The van der Waals surface area contributed by atoms with Gasteiger partial charge in [0.25, 0.3) is 0 Å². The largest absolute Gasteiger partial charge is 0.457 e. The van der Waals surface area contributed by atoms with Crippen LogP contribution in [0.25, 0.3) is 0 Å². The van der Waals surface area contributed by atoms with Gasteiger partial charge in [-0.15, -0.1) is 12.3 Å². The van der Waals surface area contributed by atoms with Crippen molar-refractivity contribution in [2.45, 2.75) is 53.6 Å². The van der Waals surface area contributed by atoms with Crippen molar-refractivity contribution in [3.8, 4) is 12.3 Å². The third-order valence-electron chi connectivity index (χ3n) is 4.88. The van der Waals surface area contributed by atoms with Gasteiger partial charge in [0.1, 0.15) is 6.10 Å². The summed E-state index contributed by atoms with van der Waals surface area (Å²) in [6.07, 6.45) is 7.53. The molecule has 0 aliphatic heterocycles. The molecule has 3 nitrogen and oxygen atoms in total. The van der Waals surface area contributed by atoms with Crippen LogP contribution in [0, 0.1) is 29.6 Å².